The zero-order chi connectivity index (χ0) is 22.2. The molecule has 1 N–H and O–H groups in total. The lowest BCUT2D eigenvalue weighted by Crippen LogP contribution is -2.36. The Morgan fingerprint density at radius 1 is 0.844 bits per heavy atom. The van der Waals surface area contributed by atoms with Crippen LogP contribution in [0.1, 0.15) is 17.5 Å². The van der Waals surface area contributed by atoms with E-state index < -0.39 is 0 Å². The molecule has 3 aromatic carbocycles. The van der Waals surface area contributed by atoms with Crippen molar-refractivity contribution in [2.24, 2.45) is 0 Å². The van der Waals surface area contributed by atoms with Gasteiger partial charge in [0.15, 0.2) is 5.13 Å². The minimum atomic E-state index is -0.0835. The average Bonchev–Trinajstić information content (AvgIpc) is 3.24. The van der Waals surface area contributed by atoms with E-state index >= 15 is 0 Å². The zero-order valence-electron chi connectivity index (χ0n) is 17.7. The van der Waals surface area contributed by atoms with Gasteiger partial charge in [0, 0.05) is 19.5 Å². The number of thiazole rings is 1. The van der Waals surface area contributed by atoms with E-state index in [4.69, 9.17) is 0 Å². The molecule has 162 valence electrons. The van der Waals surface area contributed by atoms with Gasteiger partial charge >= 0.3 is 0 Å². The smallest absolute Gasteiger partial charge is 0.230 e. The quantitative estimate of drug-likeness (QED) is 0.411. The molecule has 4 aromatic rings. The van der Waals surface area contributed by atoms with Gasteiger partial charge in [-0.05, 0) is 29.7 Å². The van der Waals surface area contributed by atoms with Crippen LogP contribution >= 0.6 is 11.3 Å². The SMILES string of the molecule is O=C(Cc1ccccc1)NCCC(=O)N(CCc1ccccc1)c1nc2ccccc2s1. The minimum absolute atomic E-state index is 0.0417. The predicted octanol–water partition coefficient (Wildman–Crippen LogP) is 4.62. The Hall–Kier alpha value is -3.51. The molecule has 0 aliphatic rings. The Morgan fingerprint density at radius 3 is 2.22 bits per heavy atom. The van der Waals surface area contributed by atoms with Gasteiger partial charge < -0.3 is 5.32 Å². The zero-order valence-corrected chi connectivity index (χ0v) is 18.6. The van der Waals surface area contributed by atoms with Crippen LogP contribution in [0.25, 0.3) is 10.2 Å². The van der Waals surface area contributed by atoms with Crippen molar-refractivity contribution in [2.45, 2.75) is 19.3 Å². The molecule has 2 amide bonds. The first-order chi connectivity index (χ1) is 15.7. The van der Waals surface area contributed by atoms with Crippen molar-refractivity contribution in [3.63, 3.8) is 0 Å². The van der Waals surface area contributed by atoms with Crippen LogP contribution in [0.15, 0.2) is 84.9 Å². The van der Waals surface area contributed by atoms with Crippen LogP contribution in [0, 0.1) is 0 Å². The fraction of sp³-hybridized carbons (Fsp3) is 0.192. The molecule has 0 bridgehead atoms. The van der Waals surface area contributed by atoms with Gasteiger partial charge in [0.05, 0.1) is 16.6 Å². The number of hydrogen-bond acceptors (Lipinski definition) is 4. The van der Waals surface area contributed by atoms with Gasteiger partial charge in [-0.3, -0.25) is 14.5 Å². The van der Waals surface area contributed by atoms with E-state index in [0.29, 0.717) is 24.6 Å². The van der Waals surface area contributed by atoms with Gasteiger partial charge in [0.1, 0.15) is 0 Å². The number of amides is 2. The monoisotopic (exact) mass is 443 g/mol. The van der Waals surface area contributed by atoms with E-state index in [0.717, 1.165) is 22.2 Å². The molecule has 0 saturated carbocycles. The molecule has 6 heteroatoms. The van der Waals surface area contributed by atoms with Crippen molar-refractivity contribution < 1.29 is 9.59 Å². The highest BCUT2D eigenvalue weighted by atomic mass is 32.1. The lowest BCUT2D eigenvalue weighted by Gasteiger charge is -2.20. The third-order valence-electron chi connectivity index (χ3n) is 5.15. The van der Waals surface area contributed by atoms with E-state index in [9.17, 15) is 9.59 Å². The van der Waals surface area contributed by atoms with Crippen molar-refractivity contribution in [1.82, 2.24) is 10.3 Å². The Kier molecular flexibility index (Phi) is 7.25. The number of anilines is 1. The second-order valence-corrected chi connectivity index (χ2v) is 8.52. The molecule has 32 heavy (non-hydrogen) atoms. The van der Waals surface area contributed by atoms with E-state index in [2.05, 4.69) is 22.4 Å². The summed E-state index contributed by atoms with van der Waals surface area (Å²) < 4.78 is 1.05. The summed E-state index contributed by atoms with van der Waals surface area (Å²) in [6.45, 7) is 0.845. The van der Waals surface area contributed by atoms with Crippen LogP contribution in [0.3, 0.4) is 0 Å². The molecule has 0 saturated heterocycles. The van der Waals surface area contributed by atoms with E-state index in [-0.39, 0.29) is 18.2 Å². The number of para-hydroxylation sites is 1. The molecule has 0 radical (unpaired) electrons. The lowest BCUT2D eigenvalue weighted by atomic mass is 10.1. The molecule has 0 fully saturated rings. The minimum Gasteiger partial charge on any atom is -0.355 e. The summed E-state index contributed by atoms with van der Waals surface area (Å²) in [5.41, 5.74) is 3.01. The van der Waals surface area contributed by atoms with Crippen molar-refractivity contribution in [1.29, 1.82) is 0 Å². The maximum Gasteiger partial charge on any atom is 0.230 e. The number of carbonyl (C=O) groups excluding carboxylic acids is 2. The number of nitrogens with one attached hydrogen (secondary N) is 1. The van der Waals surface area contributed by atoms with Gasteiger partial charge in [-0.1, -0.05) is 84.1 Å². The van der Waals surface area contributed by atoms with Gasteiger partial charge in [-0.25, -0.2) is 4.98 Å². The number of rotatable bonds is 9. The summed E-state index contributed by atoms with van der Waals surface area (Å²) in [5, 5.41) is 3.56. The predicted molar refractivity (Wildman–Crippen MR) is 130 cm³/mol. The molecule has 0 aliphatic carbocycles. The first kappa shape index (κ1) is 21.7. The number of aromatic nitrogens is 1. The summed E-state index contributed by atoms with van der Waals surface area (Å²) in [4.78, 5) is 31.8. The largest absolute Gasteiger partial charge is 0.355 e. The highest BCUT2D eigenvalue weighted by Crippen LogP contribution is 2.29. The molecule has 4 rings (SSSR count). The van der Waals surface area contributed by atoms with Gasteiger partial charge in [-0.15, -0.1) is 0 Å². The van der Waals surface area contributed by atoms with E-state index in [1.165, 1.54) is 16.9 Å². The number of nitrogens with zero attached hydrogens (tertiary/aromatic N) is 2. The van der Waals surface area contributed by atoms with Crippen LogP contribution in [-0.4, -0.2) is 29.9 Å². The van der Waals surface area contributed by atoms with E-state index in [1.54, 1.807) is 4.90 Å². The summed E-state index contributed by atoms with van der Waals surface area (Å²) in [5.74, 6) is -0.125. The number of benzene rings is 3. The highest BCUT2D eigenvalue weighted by molar-refractivity contribution is 7.22. The summed E-state index contributed by atoms with van der Waals surface area (Å²) >= 11 is 1.52. The molecule has 1 heterocycles. The standard InChI is InChI=1S/C26H25N3O2S/c30-24(19-21-11-5-2-6-12-21)27-17-15-25(31)29(18-16-20-9-3-1-4-10-20)26-28-22-13-7-8-14-23(22)32-26/h1-14H,15-19H2,(H,27,30). The first-order valence-electron chi connectivity index (χ1n) is 10.7. The third kappa shape index (κ3) is 5.80. The maximum atomic E-state index is 13.1. The van der Waals surface area contributed by atoms with Crippen molar-refractivity contribution in [3.05, 3.63) is 96.1 Å². The molecule has 0 aliphatic heterocycles. The van der Waals surface area contributed by atoms with Gasteiger partial charge in [0.25, 0.3) is 0 Å². The number of carbonyl (C=O) groups is 2. The summed E-state index contributed by atoms with van der Waals surface area (Å²) in [6, 6.07) is 27.6. The van der Waals surface area contributed by atoms with Crippen LogP contribution in [0.4, 0.5) is 5.13 Å². The fourth-order valence-electron chi connectivity index (χ4n) is 3.48. The molecule has 0 unspecified atom stereocenters. The molecule has 0 spiro atoms. The van der Waals surface area contributed by atoms with Gasteiger partial charge in [0.2, 0.25) is 11.8 Å². The number of hydrogen-bond donors (Lipinski definition) is 1. The maximum absolute atomic E-state index is 13.1. The fourth-order valence-corrected chi connectivity index (χ4v) is 4.48. The van der Waals surface area contributed by atoms with Crippen LogP contribution in [0.2, 0.25) is 0 Å². The van der Waals surface area contributed by atoms with Crippen molar-refractivity contribution >= 4 is 38.5 Å². The Labute approximate surface area is 191 Å². The molecular weight excluding hydrogens is 418 g/mol. The lowest BCUT2D eigenvalue weighted by molar-refractivity contribution is -0.121. The second-order valence-electron chi connectivity index (χ2n) is 7.51. The molecule has 5 nitrogen and oxygen atoms in total. The average molecular weight is 444 g/mol. The highest BCUT2D eigenvalue weighted by Gasteiger charge is 2.19. The van der Waals surface area contributed by atoms with Crippen LogP contribution < -0.4 is 10.2 Å². The van der Waals surface area contributed by atoms with Crippen molar-refractivity contribution in [2.75, 3.05) is 18.0 Å². The second kappa shape index (κ2) is 10.7. The molecule has 1 aromatic heterocycles. The third-order valence-corrected chi connectivity index (χ3v) is 6.21. The van der Waals surface area contributed by atoms with Crippen LogP contribution in [-0.2, 0) is 22.4 Å². The van der Waals surface area contributed by atoms with Crippen molar-refractivity contribution in [3.8, 4) is 0 Å². The van der Waals surface area contributed by atoms with Gasteiger partial charge in [-0.2, -0.15) is 0 Å². The Balaban J connectivity index is 1.40. The van der Waals surface area contributed by atoms with Crippen LogP contribution in [0.5, 0.6) is 0 Å². The first-order valence-corrected chi connectivity index (χ1v) is 11.5. The Bertz CT molecular complexity index is 1140. The summed E-state index contributed by atoms with van der Waals surface area (Å²) in [6.07, 6.45) is 1.28. The number of fused-ring (bicyclic) bond motifs is 1. The summed E-state index contributed by atoms with van der Waals surface area (Å²) in [7, 11) is 0. The molecule has 0 atom stereocenters. The Morgan fingerprint density at radius 2 is 1.50 bits per heavy atom. The van der Waals surface area contributed by atoms with E-state index in [1.807, 2.05) is 72.8 Å². The molecular formula is C26H25N3O2S. The topological polar surface area (TPSA) is 62.3 Å². The normalized spacial score (nSPS) is 10.8.